The average molecular weight is 785 g/mol. The largest absolute Gasteiger partial charge is 0.496 e. The molecule has 0 bridgehead atoms. The fourth-order valence-corrected chi connectivity index (χ4v) is 7.55. The number of nitrogens with one attached hydrogen (secondary N) is 2. The van der Waals surface area contributed by atoms with Crippen LogP contribution in [0.3, 0.4) is 0 Å². The summed E-state index contributed by atoms with van der Waals surface area (Å²) in [6.07, 6.45) is 0. The predicted octanol–water partition coefficient (Wildman–Crippen LogP) is 11.1. The van der Waals surface area contributed by atoms with E-state index in [4.69, 9.17) is 42.8 Å². The van der Waals surface area contributed by atoms with Gasteiger partial charge in [-0.05, 0) is 48.5 Å². The molecule has 9 aromatic rings. The Balaban J connectivity index is 1.21. The number of fused-ring (bicyclic) bond motifs is 3. The SMILES string of the molecule is COc1cc(OC)c(-c2nc(-c3ccc4oc5ccc(-c6nc(-c7cc(OC)c(OC)cc7OC)[nH]c6-c6ccccc6)cc5c4c3)c(-c3ccccc3)[nH]2)cc1OC. The molecule has 0 amide bonds. The molecule has 0 aliphatic heterocycles. The number of furan rings is 1. The molecule has 6 aromatic carbocycles. The summed E-state index contributed by atoms with van der Waals surface area (Å²) in [5.74, 6) is 4.65. The van der Waals surface area contributed by atoms with Crippen molar-refractivity contribution in [3.05, 3.63) is 121 Å². The van der Waals surface area contributed by atoms with E-state index in [0.717, 1.165) is 78.1 Å². The second-order valence-corrected chi connectivity index (χ2v) is 13.7. The number of H-pyrrole nitrogens is 2. The molecule has 0 saturated carbocycles. The molecule has 0 aliphatic rings. The highest BCUT2D eigenvalue weighted by molar-refractivity contribution is 6.08. The Labute approximate surface area is 340 Å². The molecular formula is C48H40N4O7. The molecule has 0 radical (unpaired) electrons. The van der Waals surface area contributed by atoms with Gasteiger partial charge in [-0.15, -0.1) is 0 Å². The van der Waals surface area contributed by atoms with Crippen LogP contribution in [0.5, 0.6) is 34.5 Å². The van der Waals surface area contributed by atoms with Gasteiger partial charge >= 0.3 is 0 Å². The number of aromatic amines is 2. The van der Waals surface area contributed by atoms with Crippen LogP contribution in [0.1, 0.15) is 0 Å². The van der Waals surface area contributed by atoms with Crippen LogP contribution in [0.2, 0.25) is 0 Å². The molecule has 2 N–H and O–H groups in total. The number of nitrogens with zero attached hydrogens (tertiary/aromatic N) is 2. The third kappa shape index (κ3) is 6.52. The Morgan fingerprint density at radius 2 is 0.763 bits per heavy atom. The van der Waals surface area contributed by atoms with Crippen LogP contribution in [0.4, 0.5) is 0 Å². The zero-order chi connectivity index (χ0) is 40.6. The molecule has 0 saturated heterocycles. The Kier molecular flexibility index (Phi) is 9.62. The summed E-state index contributed by atoms with van der Waals surface area (Å²) in [5.41, 5.74) is 9.96. The topological polar surface area (TPSA) is 126 Å². The number of ether oxygens (including phenoxy) is 6. The van der Waals surface area contributed by atoms with Gasteiger partial charge in [-0.1, -0.05) is 60.7 Å². The first-order valence-corrected chi connectivity index (χ1v) is 18.8. The first-order chi connectivity index (χ1) is 28.9. The minimum absolute atomic E-state index is 0.558. The van der Waals surface area contributed by atoms with Crippen LogP contribution in [-0.4, -0.2) is 62.6 Å². The van der Waals surface area contributed by atoms with Crippen LogP contribution < -0.4 is 28.4 Å². The summed E-state index contributed by atoms with van der Waals surface area (Å²) in [6, 6.07) is 39.9. The number of rotatable bonds is 12. The standard InChI is InChI=1S/C48H40N4O7/c1-53-37-25-41(57-5)39(55-3)23-33(37)47-49-43(27-13-9-7-10-14-27)45(51-47)29-17-19-35-31(21-29)32-22-30(18-20-36(32)59-35)46-44(28-15-11-8-12-16-28)50-48(52-46)34-24-40(56-4)42(58-6)26-38(34)54-2/h7-26H,1-6H3,(H,49,51)(H,50,52). The highest BCUT2D eigenvalue weighted by atomic mass is 16.5. The molecule has 294 valence electrons. The number of imidazole rings is 2. The van der Waals surface area contributed by atoms with Gasteiger partial charge in [-0.25, -0.2) is 9.97 Å². The van der Waals surface area contributed by atoms with Crippen LogP contribution in [0.15, 0.2) is 126 Å². The lowest BCUT2D eigenvalue weighted by Crippen LogP contribution is -1.95. The van der Waals surface area contributed by atoms with E-state index < -0.39 is 0 Å². The minimum Gasteiger partial charge on any atom is -0.496 e. The number of hydrogen-bond acceptors (Lipinski definition) is 9. The molecule has 0 unspecified atom stereocenters. The first kappa shape index (κ1) is 36.9. The summed E-state index contributed by atoms with van der Waals surface area (Å²) in [5, 5.41) is 1.87. The van der Waals surface area contributed by atoms with Crippen molar-refractivity contribution in [1.29, 1.82) is 0 Å². The van der Waals surface area contributed by atoms with Gasteiger partial charge in [-0.3, -0.25) is 0 Å². The van der Waals surface area contributed by atoms with Crippen molar-refractivity contribution in [1.82, 2.24) is 19.9 Å². The summed E-state index contributed by atoms with van der Waals surface area (Å²) >= 11 is 0. The number of hydrogen-bond donors (Lipinski definition) is 2. The molecule has 11 nitrogen and oxygen atoms in total. The minimum atomic E-state index is 0.558. The van der Waals surface area contributed by atoms with Gasteiger partial charge in [-0.2, -0.15) is 0 Å². The highest BCUT2D eigenvalue weighted by Gasteiger charge is 2.23. The van der Waals surface area contributed by atoms with Gasteiger partial charge in [0.1, 0.15) is 34.3 Å². The summed E-state index contributed by atoms with van der Waals surface area (Å²) in [7, 11) is 9.66. The molecule has 0 atom stereocenters. The Hall–Kier alpha value is -7.66. The van der Waals surface area contributed by atoms with Crippen molar-refractivity contribution in [2.45, 2.75) is 0 Å². The van der Waals surface area contributed by atoms with E-state index in [2.05, 4.69) is 46.4 Å². The molecule has 0 spiro atoms. The molecule has 0 fully saturated rings. The van der Waals surface area contributed by atoms with Gasteiger partial charge in [0.15, 0.2) is 23.0 Å². The van der Waals surface area contributed by atoms with Crippen LogP contribution in [-0.2, 0) is 0 Å². The van der Waals surface area contributed by atoms with E-state index in [9.17, 15) is 0 Å². The Morgan fingerprint density at radius 3 is 1.14 bits per heavy atom. The van der Waals surface area contributed by atoms with Crippen molar-refractivity contribution in [3.8, 4) is 102 Å². The number of benzene rings is 6. The first-order valence-electron chi connectivity index (χ1n) is 18.8. The van der Waals surface area contributed by atoms with Crippen LogP contribution >= 0.6 is 0 Å². The Bertz CT molecular complexity index is 2770. The normalized spacial score (nSPS) is 11.2. The van der Waals surface area contributed by atoms with E-state index in [1.807, 2.05) is 72.8 Å². The lowest BCUT2D eigenvalue weighted by molar-refractivity contribution is 0.349. The van der Waals surface area contributed by atoms with Gasteiger partial charge in [0.25, 0.3) is 0 Å². The van der Waals surface area contributed by atoms with Crippen molar-refractivity contribution in [2.75, 3.05) is 42.7 Å². The van der Waals surface area contributed by atoms with Gasteiger partial charge in [0.05, 0.1) is 76.6 Å². The molecule has 9 rings (SSSR count). The van der Waals surface area contributed by atoms with Gasteiger partial charge < -0.3 is 42.8 Å². The molecule has 3 heterocycles. The molecule has 59 heavy (non-hydrogen) atoms. The lowest BCUT2D eigenvalue weighted by atomic mass is 10.0. The fraction of sp³-hybridized carbons (Fsp3) is 0.125. The van der Waals surface area contributed by atoms with Crippen molar-refractivity contribution >= 4 is 21.9 Å². The number of methoxy groups -OCH3 is 6. The van der Waals surface area contributed by atoms with Crippen molar-refractivity contribution in [2.24, 2.45) is 0 Å². The highest BCUT2D eigenvalue weighted by Crippen LogP contribution is 2.45. The second-order valence-electron chi connectivity index (χ2n) is 13.7. The van der Waals surface area contributed by atoms with E-state index in [1.54, 1.807) is 54.8 Å². The van der Waals surface area contributed by atoms with E-state index in [0.29, 0.717) is 46.1 Å². The van der Waals surface area contributed by atoms with Crippen LogP contribution in [0, 0.1) is 0 Å². The second kappa shape index (κ2) is 15.4. The maximum Gasteiger partial charge on any atom is 0.164 e. The van der Waals surface area contributed by atoms with Crippen molar-refractivity contribution < 1.29 is 32.8 Å². The molecular weight excluding hydrogens is 745 g/mol. The molecule has 11 heteroatoms. The maximum atomic E-state index is 6.43. The zero-order valence-electron chi connectivity index (χ0n) is 33.3. The fourth-order valence-electron chi connectivity index (χ4n) is 7.55. The van der Waals surface area contributed by atoms with Gasteiger partial charge in [0, 0.05) is 45.2 Å². The molecule has 3 aromatic heterocycles. The Morgan fingerprint density at radius 1 is 0.390 bits per heavy atom. The zero-order valence-corrected chi connectivity index (χ0v) is 33.3. The van der Waals surface area contributed by atoms with Gasteiger partial charge in [0.2, 0.25) is 0 Å². The third-order valence-corrected chi connectivity index (χ3v) is 10.5. The van der Waals surface area contributed by atoms with E-state index in [1.165, 1.54) is 0 Å². The quantitative estimate of drug-likeness (QED) is 0.124. The van der Waals surface area contributed by atoms with Crippen molar-refractivity contribution in [3.63, 3.8) is 0 Å². The monoisotopic (exact) mass is 784 g/mol. The third-order valence-electron chi connectivity index (χ3n) is 10.5. The van der Waals surface area contributed by atoms with Crippen LogP contribution in [0.25, 0.3) is 89.7 Å². The summed E-state index contributed by atoms with van der Waals surface area (Å²) < 4.78 is 40.5. The predicted molar refractivity (Wildman–Crippen MR) is 230 cm³/mol. The lowest BCUT2D eigenvalue weighted by Gasteiger charge is -2.12. The number of aromatic nitrogens is 4. The van der Waals surface area contributed by atoms with E-state index >= 15 is 0 Å². The molecule has 0 aliphatic carbocycles. The summed E-state index contributed by atoms with van der Waals surface area (Å²) in [4.78, 5) is 17.6. The summed E-state index contributed by atoms with van der Waals surface area (Å²) in [6.45, 7) is 0. The van der Waals surface area contributed by atoms with E-state index in [-0.39, 0.29) is 0 Å². The smallest absolute Gasteiger partial charge is 0.164 e. The average Bonchev–Trinajstić information content (AvgIpc) is 4.04. The maximum absolute atomic E-state index is 6.43.